The van der Waals surface area contributed by atoms with Crippen LogP contribution in [-0.2, 0) is 0 Å². The van der Waals surface area contributed by atoms with E-state index < -0.39 is 0 Å². The molecule has 0 spiro atoms. The predicted molar refractivity (Wildman–Crippen MR) is 83.2 cm³/mol. The van der Waals surface area contributed by atoms with Crippen LogP contribution in [0.3, 0.4) is 0 Å². The summed E-state index contributed by atoms with van der Waals surface area (Å²) < 4.78 is 0. The van der Waals surface area contributed by atoms with Crippen molar-refractivity contribution in [2.45, 2.75) is 4.90 Å². The van der Waals surface area contributed by atoms with Crippen LogP contribution in [0, 0.1) is 0 Å². The zero-order valence-electron chi connectivity index (χ0n) is 10.8. The van der Waals surface area contributed by atoms with Crippen LogP contribution in [0.25, 0.3) is 10.9 Å². The van der Waals surface area contributed by atoms with Crippen molar-refractivity contribution >= 4 is 28.4 Å². The van der Waals surface area contributed by atoms with Crippen LogP contribution >= 0.6 is 11.8 Å². The molecule has 2 nitrogen and oxygen atoms in total. The lowest BCUT2D eigenvalue weighted by Crippen LogP contribution is -2.03. The van der Waals surface area contributed by atoms with Crippen LogP contribution in [0.2, 0.25) is 0 Å². The molecule has 3 heteroatoms. The minimum absolute atomic E-state index is 0.137. The Labute approximate surface area is 121 Å². The number of carbonyl (C=O) groups is 1. The minimum Gasteiger partial charge on any atom is -0.293 e. The molecule has 0 unspecified atom stereocenters. The molecule has 3 rings (SSSR count). The number of nitrogens with zero attached hydrogens (tertiary/aromatic N) is 1. The van der Waals surface area contributed by atoms with E-state index >= 15 is 0 Å². The molecule has 1 aromatic heterocycles. The van der Waals surface area contributed by atoms with Gasteiger partial charge in [-0.2, -0.15) is 0 Å². The largest absolute Gasteiger partial charge is 0.293 e. The fourth-order valence-corrected chi connectivity index (χ4v) is 2.89. The molecule has 0 atom stereocenters. The maximum Gasteiger partial charge on any atom is 0.173 e. The standard InChI is InChI=1S/C17H13NOS/c19-17(12-20-13-6-2-1-3-7-13)15-8-4-10-16-14(15)9-5-11-18-16/h1-11H,12H2. The fourth-order valence-electron chi connectivity index (χ4n) is 2.09. The molecular formula is C17H13NOS. The summed E-state index contributed by atoms with van der Waals surface area (Å²) in [5.74, 6) is 0.579. The number of ketones is 1. The van der Waals surface area contributed by atoms with Crippen molar-refractivity contribution in [3.05, 3.63) is 72.4 Å². The lowest BCUT2D eigenvalue weighted by molar-refractivity contribution is 0.102. The molecule has 2 aromatic carbocycles. The van der Waals surface area contributed by atoms with Crippen molar-refractivity contribution in [3.63, 3.8) is 0 Å². The predicted octanol–water partition coefficient (Wildman–Crippen LogP) is 4.21. The Morgan fingerprint density at radius 3 is 2.65 bits per heavy atom. The van der Waals surface area contributed by atoms with E-state index in [4.69, 9.17) is 0 Å². The first kappa shape index (κ1) is 12.9. The second-order valence-electron chi connectivity index (χ2n) is 4.40. The molecule has 98 valence electrons. The Kier molecular flexibility index (Phi) is 3.79. The molecule has 0 radical (unpaired) electrons. The number of hydrogen-bond donors (Lipinski definition) is 0. The van der Waals surface area contributed by atoms with Gasteiger partial charge in [0.15, 0.2) is 5.78 Å². The summed E-state index contributed by atoms with van der Waals surface area (Å²) in [6, 6.07) is 19.5. The van der Waals surface area contributed by atoms with E-state index in [1.54, 1.807) is 18.0 Å². The quantitative estimate of drug-likeness (QED) is 0.529. The minimum atomic E-state index is 0.137. The van der Waals surface area contributed by atoms with Gasteiger partial charge in [-0.25, -0.2) is 0 Å². The van der Waals surface area contributed by atoms with Gasteiger partial charge < -0.3 is 0 Å². The smallest absolute Gasteiger partial charge is 0.173 e. The van der Waals surface area contributed by atoms with Gasteiger partial charge in [0, 0.05) is 22.0 Å². The van der Waals surface area contributed by atoms with E-state index in [0.717, 1.165) is 21.4 Å². The van der Waals surface area contributed by atoms with Crippen molar-refractivity contribution < 1.29 is 4.79 Å². The highest BCUT2D eigenvalue weighted by Crippen LogP contribution is 2.22. The maximum absolute atomic E-state index is 12.4. The molecular weight excluding hydrogens is 266 g/mol. The molecule has 0 saturated heterocycles. The number of hydrogen-bond acceptors (Lipinski definition) is 3. The Balaban J connectivity index is 1.82. The molecule has 3 aromatic rings. The second kappa shape index (κ2) is 5.88. The molecule has 0 N–H and O–H groups in total. The molecule has 0 bridgehead atoms. The maximum atomic E-state index is 12.4. The number of aromatic nitrogens is 1. The molecule has 0 aliphatic carbocycles. The highest BCUT2D eigenvalue weighted by molar-refractivity contribution is 8.00. The fraction of sp³-hybridized carbons (Fsp3) is 0.0588. The van der Waals surface area contributed by atoms with Gasteiger partial charge in [-0.3, -0.25) is 9.78 Å². The zero-order valence-corrected chi connectivity index (χ0v) is 11.6. The highest BCUT2D eigenvalue weighted by atomic mass is 32.2. The van der Waals surface area contributed by atoms with Crippen LogP contribution in [0.4, 0.5) is 0 Å². The van der Waals surface area contributed by atoms with Crippen LogP contribution in [0.15, 0.2) is 71.8 Å². The number of pyridine rings is 1. The van der Waals surface area contributed by atoms with E-state index in [1.807, 2.05) is 60.7 Å². The monoisotopic (exact) mass is 279 g/mol. The number of rotatable bonds is 4. The second-order valence-corrected chi connectivity index (χ2v) is 5.45. The van der Waals surface area contributed by atoms with Crippen molar-refractivity contribution in [2.24, 2.45) is 0 Å². The van der Waals surface area contributed by atoms with Crippen LogP contribution < -0.4 is 0 Å². The SMILES string of the molecule is O=C(CSc1ccccc1)c1cccc2ncccc12. The third-order valence-corrected chi connectivity index (χ3v) is 4.07. The molecule has 0 amide bonds. The summed E-state index contributed by atoms with van der Waals surface area (Å²) >= 11 is 1.56. The van der Waals surface area contributed by atoms with Gasteiger partial charge in [0.1, 0.15) is 0 Å². The summed E-state index contributed by atoms with van der Waals surface area (Å²) in [5, 5.41) is 0.925. The number of benzene rings is 2. The van der Waals surface area contributed by atoms with Gasteiger partial charge in [0.25, 0.3) is 0 Å². The first-order chi connectivity index (χ1) is 9.84. The first-order valence-corrected chi connectivity index (χ1v) is 7.38. The van der Waals surface area contributed by atoms with Crippen molar-refractivity contribution in [1.29, 1.82) is 0 Å². The lowest BCUT2D eigenvalue weighted by Gasteiger charge is -2.05. The third-order valence-electron chi connectivity index (χ3n) is 3.06. The number of thioether (sulfide) groups is 1. The molecule has 1 heterocycles. The summed E-state index contributed by atoms with van der Waals surface area (Å²) in [6.07, 6.45) is 1.75. The van der Waals surface area contributed by atoms with Gasteiger partial charge >= 0.3 is 0 Å². The molecule has 0 fully saturated rings. The Hall–Kier alpha value is -2.13. The average Bonchev–Trinajstić information content (AvgIpc) is 2.53. The number of carbonyl (C=O) groups excluding carboxylic acids is 1. The number of fused-ring (bicyclic) bond motifs is 1. The Morgan fingerprint density at radius 2 is 1.80 bits per heavy atom. The van der Waals surface area contributed by atoms with E-state index in [0.29, 0.717) is 5.75 Å². The van der Waals surface area contributed by atoms with Gasteiger partial charge in [-0.15, -0.1) is 11.8 Å². The lowest BCUT2D eigenvalue weighted by atomic mass is 10.1. The van der Waals surface area contributed by atoms with Gasteiger partial charge in [0.05, 0.1) is 11.3 Å². The Morgan fingerprint density at radius 1 is 0.950 bits per heavy atom. The van der Waals surface area contributed by atoms with Crippen LogP contribution in [0.5, 0.6) is 0 Å². The van der Waals surface area contributed by atoms with Gasteiger partial charge in [0.2, 0.25) is 0 Å². The van der Waals surface area contributed by atoms with Gasteiger partial charge in [-0.1, -0.05) is 36.4 Å². The van der Waals surface area contributed by atoms with E-state index in [1.165, 1.54) is 0 Å². The Bertz CT molecular complexity index is 735. The number of Topliss-reactive ketones (excluding diaryl/α,β-unsaturated/α-hetero) is 1. The summed E-state index contributed by atoms with van der Waals surface area (Å²) in [5.41, 5.74) is 1.61. The topological polar surface area (TPSA) is 30.0 Å². The molecule has 0 aliphatic rings. The molecule has 0 saturated carbocycles. The van der Waals surface area contributed by atoms with Crippen LogP contribution in [-0.4, -0.2) is 16.5 Å². The average molecular weight is 279 g/mol. The molecule has 20 heavy (non-hydrogen) atoms. The normalized spacial score (nSPS) is 10.6. The van der Waals surface area contributed by atoms with E-state index in [-0.39, 0.29) is 5.78 Å². The van der Waals surface area contributed by atoms with Crippen molar-refractivity contribution in [1.82, 2.24) is 4.98 Å². The summed E-state index contributed by atoms with van der Waals surface area (Å²) in [7, 11) is 0. The summed E-state index contributed by atoms with van der Waals surface area (Å²) in [6.45, 7) is 0. The highest BCUT2D eigenvalue weighted by Gasteiger charge is 2.10. The molecule has 0 aliphatic heterocycles. The zero-order chi connectivity index (χ0) is 13.8. The van der Waals surface area contributed by atoms with Crippen LogP contribution in [0.1, 0.15) is 10.4 Å². The van der Waals surface area contributed by atoms with E-state index in [2.05, 4.69) is 4.98 Å². The first-order valence-electron chi connectivity index (χ1n) is 6.39. The van der Waals surface area contributed by atoms with E-state index in [9.17, 15) is 4.79 Å². The van der Waals surface area contributed by atoms with Gasteiger partial charge in [-0.05, 0) is 24.3 Å². The third kappa shape index (κ3) is 2.73. The summed E-state index contributed by atoms with van der Waals surface area (Å²) in [4.78, 5) is 17.8. The van der Waals surface area contributed by atoms with Crippen molar-refractivity contribution in [2.75, 3.05) is 5.75 Å². The van der Waals surface area contributed by atoms with Crippen molar-refractivity contribution in [3.8, 4) is 0 Å².